The summed E-state index contributed by atoms with van der Waals surface area (Å²) in [5.41, 5.74) is 5.93. The van der Waals surface area contributed by atoms with E-state index < -0.39 is 5.60 Å². The van der Waals surface area contributed by atoms with Crippen LogP contribution in [-0.4, -0.2) is 42.2 Å². The van der Waals surface area contributed by atoms with Crippen LogP contribution in [-0.2, 0) is 0 Å². The van der Waals surface area contributed by atoms with Crippen LogP contribution in [0.4, 0.5) is 5.69 Å². The lowest BCUT2D eigenvalue weighted by atomic mass is 10.0. The first-order chi connectivity index (χ1) is 9.45. The fourth-order valence-electron chi connectivity index (χ4n) is 2.76. The number of nitrogens with zero attached hydrogens (tertiary/aromatic N) is 1. The normalized spacial score (nSPS) is 16.9. The third kappa shape index (κ3) is 3.04. The molecule has 0 aromatic heterocycles. The van der Waals surface area contributed by atoms with Gasteiger partial charge >= 0.3 is 0 Å². The molecule has 0 aliphatic heterocycles. The van der Waals surface area contributed by atoms with Crippen LogP contribution in [0.15, 0.2) is 18.2 Å². The first kappa shape index (κ1) is 14.7. The zero-order chi connectivity index (χ0) is 14.8. The van der Waals surface area contributed by atoms with Gasteiger partial charge in [-0.3, -0.25) is 4.79 Å². The molecule has 2 rings (SSSR count). The van der Waals surface area contributed by atoms with E-state index in [1.54, 1.807) is 32.4 Å². The Balaban J connectivity index is 2.14. The second-order valence-corrected chi connectivity index (χ2v) is 5.55. The summed E-state index contributed by atoms with van der Waals surface area (Å²) in [6.45, 7) is 0.336. The van der Waals surface area contributed by atoms with Gasteiger partial charge in [0.15, 0.2) is 0 Å². The molecule has 1 aliphatic rings. The van der Waals surface area contributed by atoms with Crippen LogP contribution in [0.5, 0.6) is 5.75 Å². The number of nitrogen functional groups attached to an aromatic ring is 1. The maximum atomic E-state index is 12.4. The fraction of sp³-hybridized carbons (Fsp3) is 0.533. The lowest BCUT2D eigenvalue weighted by Gasteiger charge is -2.29. The van der Waals surface area contributed by atoms with Gasteiger partial charge in [0.25, 0.3) is 5.91 Å². The van der Waals surface area contributed by atoms with Crippen molar-refractivity contribution in [3.05, 3.63) is 23.8 Å². The molecule has 1 amide bonds. The minimum absolute atomic E-state index is 0.193. The summed E-state index contributed by atoms with van der Waals surface area (Å²) in [4.78, 5) is 14.0. The van der Waals surface area contributed by atoms with Crippen molar-refractivity contribution >= 4 is 11.6 Å². The van der Waals surface area contributed by atoms with E-state index in [1.165, 1.54) is 4.90 Å². The van der Waals surface area contributed by atoms with Crippen molar-refractivity contribution in [2.75, 3.05) is 26.4 Å². The van der Waals surface area contributed by atoms with Gasteiger partial charge in [0.2, 0.25) is 0 Å². The Bertz CT molecular complexity index is 496. The number of hydrogen-bond donors (Lipinski definition) is 2. The summed E-state index contributed by atoms with van der Waals surface area (Å²) < 4.78 is 5.12. The molecule has 0 spiro atoms. The molecular weight excluding hydrogens is 256 g/mol. The second-order valence-electron chi connectivity index (χ2n) is 5.55. The van der Waals surface area contributed by atoms with Crippen molar-refractivity contribution in [3.63, 3.8) is 0 Å². The molecule has 1 fully saturated rings. The summed E-state index contributed by atoms with van der Waals surface area (Å²) in [5.74, 6) is 0.400. The van der Waals surface area contributed by atoms with Gasteiger partial charge in [-0.25, -0.2) is 0 Å². The summed E-state index contributed by atoms with van der Waals surface area (Å²) in [6.07, 6.45) is 3.52. The number of aliphatic hydroxyl groups is 1. The smallest absolute Gasteiger partial charge is 0.255 e. The average Bonchev–Trinajstić information content (AvgIpc) is 2.85. The molecule has 1 aromatic rings. The van der Waals surface area contributed by atoms with Crippen LogP contribution in [0.2, 0.25) is 0 Å². The predicted molar refractivity (Wildman–Crippen MR) is 77.8 cm³/mol. The van der Waals surface area contributed by atoms with E-state index in [0.717, 1.165) is 25.7 Å². The Hall–Kier alpha value is -1.75. The summed E-state index contributed by atoms with van der Waals surface area (Å²) in [6, 6.07) is 5.01. The van der Waals surface area contributed by atoms with Gasteiger partial charge in [-0.2, -0.15) is 0 Å². The van der Waals surface area contributed by atoms with Gasteiger partial charge in [0, 0.05) is 19.3 Å². The van der Waals surface area contributed by atoms with Crippen LogP contribution in [0.1, 0.15) is 36.0 Å². The first-order valence-electron chi connectivity index (χ1n) is 6.86. The number of rotatable bonds is 4. The molecule has 1 aromatic carbocycles. The first-order valence-corrected chi connectivity index (χ1v) is 6.86. The van der Waals surface area contributed by atoms with Gasteiger partial charge in [-0.1, -0.05) is 12.8 Å². The molecule has 0 saturated heterocycles. The molecule has 0 heterocycles. The number of carbonyl (C=O) groups is 1. The van der Waals surface area contributed by atoms with Gasteiger partial charge in [0.1, 0.15) is 5.75 Å². The Morgan fingerprint density at radius 2 is 2.10 bits per heavy atom. The van der Waals surface area contributed by atoms with Crippen LogP contribution in [0.25, 0.3) is 0 Å². The van der Waals surface area contributed by atoms with Gasteiger partial charge in [-0.05, 0) is 31.0 Å². The standard InChI is InChI=1S/C15H22N2O3/c1-17(10-15(19)7-3-4-8-15)14(18)12-9-11(20-2)5-6-13(12)16/h5-6,9,19H,3-4,7-8,10,16H2,1-2H3. The van der Waals surface area contributed by atoms with Crippen molar-refractivity contribution in [1.82, 2.24) is 4.90 Å². The number of likely N-dealkylation sites (N-methyl/N-ethyl adjacent to an activating group) is 1. The van der Waals surface area contributed by atoms with Crippen molar-refractivity contribution in [3.8, 4) is 5.75 Å². The number of anilines is 1. The highest BCUT2D eigenvalue weighted by atomic mass is 16.5. The Kier molecular flexibility index (Phi) is 4.18. The third-order valence-corrected chi connectivity index (χ3v) is 3.90. The zero-order valence-electron chi connectivity index (χ0n) is 12.1. The highest BCUT2D eigenvalue weighted by Crippen LogP contribution is 2.30. The number of hydrogen-bond acceptors (Lipinski definition) is 4. The number of nitrogens with two attached hydrogens (primary N) is 1. The molecule has 0 radical (unpaired) electrons. The van der Waals surface area contributed by atoms with E-state index in [1.807, 2.05) is 0 Å². The van der Waals surface area contributed by atoms with Gasteiger partial charge in [0.05, 0.1) is 18.3 Å². The van der Waals surface area contributed by atoms with Gasteiger partial charge < -0.3 is 20.5 Å². The van der Waals surface area contributed by atoms with E-state index in [2.05, 4.69) is 0 Å². The average molecular weight is 278 g/mol. The molecule has 20 heavy (non-hydrogen) atoms. The molecule has 5 nitrogen and oxygen atoms in total. The van der Waals surface area contributed by atoms with Crippen LogP contribution in [0, 0.1) is 0 Å². The van der Waals surface area contributed by atoms with Crippen molar-refractivity contribution in [2.45, 2.75) is 31.3 Å². The summed E-state index contributed by atoms with van der Waals surface area (Å²) in [5, 5.41) is 10.4. The predicted octanol–water partition coefficient (Wildman–Crippen LogP) is 1.65. The maximum absolute atomic E-state index is 12.4. The lowest BCUT2D eigenvalue weighted by Crippen LogP contribution is -2.42. The lowest BCUT2D eigenvalue weighted by molar-refractivity contribution is 0.0157. The molecule has 1 aliphatic carbocycles. The van der Waals surface area contributed by atoms with Crippen LogP contribution >= 0.6 is 0 Å². The van der Waals surface area contributed by atoms with E-state index >= 15 is 0 Å². The Labute approximate surface area is 119 Å². The quantitative estimate of drug-likeness (QED) is 0.821. The number of benzene rings is 1. The molecule has 5 heteroatoms. The Morgan fingerprint density at radius 1 is 1.45 bits per heavy atom. The maximum Gasteiger partial charge on any atom is 0.255 e. The SMILES string of the molecule is COc1ccc(N)c(C(=O)N(C)CC2(O)CCCC2)c1. The minimum atomic E-state index is -0.752. The molecule has 3 N–H and O–H groups in total. The van der Waals surface area contributed by atoms with E-state index in [-0.39, 0.29) is 5.91 Å². The highest BCUT2D eigenvalue weighted by Gasteiger charge is 2.33. The minimum Gasteiger partial charge on any atom is -0.497 e. The molecule has 110 valence electrons. The molecule has 0 unspecified atom stereocenters. The zero-order valence-corrected chi connectivity index (χ0v) is 12.1. The Morgan fingerprint density at radius 3 is 2.70 bits per heavy atom. The largest absolute Gasteiger partial charge is 0.497 e. The molecular formula is C15H22N2O3. The van der Waals surface area contributed by atoms with Crippen LogP contribution in [0.3, 0.4) is 0 Å². The van der Waals surface area contributed by atoms with Gasteiger partial charge in [-0.15, -0.1) is 0 Å². The number of ether oxygens (including phenoxy) is 1. The molecule has 1 saturated carbocycles. The van der Waals surface area contributed by atoms with Crippen molar-refractivity contribution in [1.29, 1.82) is 0 Å². The van der Waals surface area contributed by atoms with E-state index in [0.29, 0.717) is 23.5 Å². The molecule has 0 bridgehead atoms. The summed E-state index contributed by atoms with van der Waals surface area (Å²) >= 11 is 0. The fourth-order valence-corrected chi connectivity index (χ4v) is 2.76. The monoisotopic (exact) mass is 278 g/mol. The topological polar surface area (TPSA) is 75.8 Å². The highest BCUT2D eigenvalue weighted by molar-refractivity contribution is 5.99. The summed E-state index contributed by atoms with van der Waals surface area (Å²) in [7, 11) is 3.24. The third-order valence-electron chi connectivity index (χ3n) is 3.90. The van der Waals surface area contributed by atoms with E-state index in [4.69, 9.17) is 10.5 Å². The number of carbonyl (C=O) groups excluding carboxylic acids is 1. The number of amides is 1. The van der Waals surface area contributed by atoms with Crippen molar-refractivity contribution in [2.24, 2.45) is 0 Å². The van der Waals surface area contributed by atoms with Crippen molar-refractivity contribution < 1.29 is 14.6 Å². The second kappa shape index (κ2) is 5.71. The molecule has 0 atom stereocenters. The number of methoxy groups -OCH3 is 1. The van der Waals surface area contributed by atoms with E-state index in [9.17, 15) is 9.90 Å². The van der Waals surface area contributed by atoms with Crippen LogP contribution < -0.4 is 10.5 Å².